The zero-order chi connectivity index (χ0) is 11.2. The van der Waals surface area contributed by atoms with Gasteiger partial charge in [0.1, 0.15) is 5.78 Å². The summed E-state index contributed by atoms with van der Waals surface area (Å²) >= 11 is 0. The van der Waals surface area contributed by atoms with E-state index in [0.29, 0.717) is 16.6 Å². The van der Waals surface area contributed by atoms with Gasteiger partial charge < -0.3 is 6.53 Å². The molecule has 0 aromatic rings. The summed E-state index contributed by atoms with van der Waals surface area (Å²) in [5, 5.41) is 8.95. The van der Waals surface area contributed by atoms with E-state index in [4.69, 9.17) is 5.11 Å². The van der Waals surface area contributed by atoms with Gasteiger partial charge in [-0.2, -0.15) is 0 Å². The Morgan fingerprint density at radius 3 is 1.56 bits per heavy atom. The molecule has 1 N–H and O–H groups in total. The molecule has 18 heavy (non-hydrogen) atoms. The molecule has 0 aliphatic heterocycles. The van der Waals surface area contributed by atoms with Crippen LogP contribution in [0.2, 0.25) is 0 Å². The van der Waals surface area contributed by atoms with Crippen LogP contribution in [-0.2, 0) is 4.79 Å². The van der Waals surface area contributed by atoms with Crippen LogP contribution < -0.4 is 29.6 Å². The topological polar surface area (TPSA) is 37.3 Å². The molecule has 2 nitrogen and oxygen atoms in total. The number of carbonyl (C=O) groups excluding carboxylic acids is 1. The van der Waals surface area contributed by atoms with Crippen LogP contribution in [-0.4, -0.2) is 25.4 Å². The molecule has 4 aliphatic rings. The van der Waals surface area contributed by atoms with E-state index in [-0.39, 0.29) is 45.5 Å². The summed E-state index contributed by atoms with van der Waals surface area (Å²) in [6.07, 6.45) is 12.3. The molecule has 4 rings (SSSR count). The number of aliphatic hydroxyl groups excluding tert-OH is 1. The van der Waals surface area contributed by atoms with Gasteiger partial charge in [-0.05, 0) is 49.4 Å². The Kier molecular flexibility index (Phi) is 5.57. The number of rotatable bonds is 0. The maximum atomic E-state index is 10.5. The fraction of sp³-hybridized carbons (Fsp3) is 0.929. The standard InChI is InChI=1S/C7H12O.C7H10O.B.Na.H/c2*8-6-4-7(5-6)2-1-3-7;;;/h6,8H,1-5H2;1-5H2;;;/q;;;+1;-1. The molecule has 0 atom stereocenters. The van der Waals surface area contributed by atoms with Gasteiger partial charge in [-0.15, -0.1) is 0 Å². The summed E-state index contributed by atoms with van der Waals surface area (Å²) in [5.74, 6) is 0.490. The molecule has 0 aromatic carbocycles. The normalized spacial score (nSPS) is 29.3. The quantitative estimate of drug-likeness (QED) is 0.598. The monoisotopic (exact) mass is 257 g/mol. The zero-order valence-electron chi connectivity index (χ0n) is 12.6. The molecule has 4 saturated carbocycles. The van der Waals surface area contributed by atoms with E-state index in [2.05, 4.69) is 0 Å². The maximum absolute atomic E-state index is 10.5. The van der Waals surface area contributed by atoms with E-state index >= 15 is 0 Å². The number of Topliss-reactive ketones (excluding diaryl/α,β-unsaturated/α-hetero) is 1. The minimum Gasteiger partial charge on any atom is -1.00 e. The number of hydrogen-bond acceptors (Lipinski definition) is 2. The van der Waals surface area contributed by atoms with Crippen LogP contribution in [0.15, 0.2) is 0 Å². The van der Waals surface area contributed by atoms with Gasteiger partial charge in [0, 0.05) is 21.3 Å². The Morgan fingerprint density at radius 1 is 1.00 bits per heavy atom. The van der Waals surface area contributed by atoms with E-state index in [1.54, 1.807) is 0 Å². The largest absolute Gasteiger partial charge is 1.00 e. The first-order chi connectivity index (χ1) is 7.62. The fourth-order valence-corrected chi connectivity index (χ4v) is 3.84. The van der Waals surface area contributed by atoms with Gasteiger partial charge in [-0.1, -0.05) is 12.8 Å². The second kappa shape index (κ2) is 5.99. The summed E-state index contributed by atoms with van der Waals surface area (Å²) in [6.45, 7) is 0. The molecule has 0 bridgehead atoms. The van der Waals surface area contributed by atoms with E-state index < -0.39 is 0 Å². The molecular formula is C14H23BNaO2. The molecule has 0 heterocycles. The van der Waals surface area contributed by atoms with Crippen molar-refractivity contribution in [3.05, 3.63) is 0 Å². The van der Waals surface area contributed by atoms with Crippen LogP contribution in [0.1, 0.15) is 65.6 Å². The fourth-order valence-electron chi connectivity index (χ4n) is 3.84. The molecule has 0 amide bonds. The van der Waals surface area contributed by atoms with Crippen molar-refractivity contribution >= 4 is 14.2 Å². The van der Waals surface area contributed by atoms with Gasteiger partial charge in [0.2, 0.25) is 0 Å². The first-order valence-corrected chi connectivity index (χ1v) is 6.81. The van der Waals surface area contributed by atoms with Gasteiger partial charge in [-0.3, -0.25) is 4.79 Å². The molecule has 3 radical (unpaired) electrons. The molecule has 95 valence electrons. The van der Waals surface area contributed by atoms with Crippen LogP contribution in [0.4, 0.5) is 0 Å². The van der Waals surface area contributed by atoms with Crippen molar-refractivity contribution in [2.45, 2.75) is 70.3 Å². The smallest absolute Gasteiger partial charge is 1.00 e. The number of carbonyl (C=O) groups is 1. The van der Waals surface area contributed by atoms with Gasteiger partial charge >= 0.3 is 29.6 Å². The SMILES string of the molecule is O=C1CC2(CCC2)C1.OC1CC2(CCC2)C1.[B].[H-].[Na+]. The summed E-state index contributed by atoms with van der Waals surface area (Å²) in [4.78, 5) is 10.5. The second-order valence-electron chi connectivity index (χ2n) is 6.66. The minimum atomic E-state index is 0. The summed E-state index contributed by atoms with van der Waals surface area (Å²) in [5.41, 5.74) is 1.23. The first-order valence-electron chi connectivity index (χ1n) is 6.81. The summed E-state index contributed by atoms with van der Waals surface area (Å²) in [6, 6.07) is 0. The van der Waals surface area contributed by atoms with Crippen molar-refractivity contribution in [3.63, 3.8) is 0 Å². The van der Waals surface area contributed by atoms with Crippen molar-refractivity contribution in [1.29, 1.82) is 0 Å². The summed E-state index contributed by atoms with van der Waals surface area (Å²) in [7, 11) is 0. The number of aliphatic hydroxyl groups is 1. The third-order valence-electron chi connectivity index (χ3n) is 5.31. The number of hydrogen-bond donors (Lipinski definition) is 1. The molecule has 4 aliphatic carbocycles. The molecule has 2 spiro atoms. The summed E-state index contributed by atoms with van der Waals surface area (Å²) < 4.78 is 0. The Bertz CT molecular complexity index is 299. The molecule has 0 saturated heterocycles. The molecule has 4 fully saturated rings. The van der Waals surface area contributed by atoms with E-state index in [0.717, 1.165) is 25.7 Å². The van der Waals surface area contributed by atoms with Gasteiger partial charge in [0.15, 0.2) is 0 Å². The van der Waals surface area contributed by atoms with Crippen LogP contribution >= 0.6 is 0 Å². The van der Waals surface area contributed by atoms with Crippen LogP contribution in [0.25, 0.3) is 0 Å². The van der Waals surface area contributed by atoms with Crippen molar-refractivity contribution in [3.8, 4) is 0 Å². The third kappa shape index (κ3) is 3.05. The van der Waals surface area contributed by atoms with E-state index in [1.807, 2.05) is 0 Å². The average Bonchev–Trinajstić information content (AvgIpc) is 2.02. The Hall–Kier alpha value is 0.695. The van der Waals surface area contributed by atoms with Crippen LogP contribution in [0.3, 0.4) is 0 Å². The van der Waals surface area contributed by atoms with Crippen LogP contribution in [0, 0.1) is 10.8 Å². The Labute approximate surface area is 136 Å². The average molecular weight is 257 g/mol. The van der Waals surface area contributed by atoms with Gasteiger partial charge in [-0.25, -0.2) is 0 Å². The molecule has 0 unspecified atom stereocenters. The predicted molar refractivity (Wildman–Crippen MR) is 68.9 cm³/mol. The minimum absolute atomic E-state index is 0. The first kappa shape index (κ1) is 16.7. The van der Waals surface area contributed by atoms with Crippen molar-refractivity contribution in [1.82, 2.24) is 0 Å². The van der Waals surface area contributed by atoms with Crippen molar-refractivity contribution in [2.24, 2.45) is 10.8 Å². The van der Waals surface area contributed by atoms with E-state index in [1.165, 1.54) is 38.5 Å². The predicted octanol–water partition coefficient (Wildman–Crippen LogP) is -0.433. The molecule has 0 aromatic heterocycles. The molecule has 4 heteroatoms. The van der Waals surface area contributed by atoms with Crippen molar-refractivity contribution < 1.29 is 40.9 Å². The Morgan fingerprint density at radius 2 is 1.44 bits per heavy atom. The van der Waals surface area contributed by atoms with Crippen LogP contribution in [0.5, 0.6) is 0 Å². The Balaban J connectivity index is 0.000000295. The third-order valence-corrected chi connectivity index (χ3v) is 5.31. The van der Waals surface area contributed by atoms with E-state index in [9.17, 15) is 4.79 Å². The van der Waals surface area contributed by atoms with Crippen molar-refractivity contribution in [2.75, 3.05) is 0 Å². The second-order valence-corrected chi connectivity index (χ2v) is 6.66. The van der Waals surface area contributed by atoms with Gasteiger partial charge in [0.25, 0.3) is 0 Å². The number of ketones is 1. The maximum Gasteiger partial charge on any atom is 1.00 e. The molecular weight excluding hydrogens is 234 g/mol. The van der Waals surface area contributed by atoms with Gasteiger partial charge in [0.05, 0.1) is 6.10 Å². The zero-order valence-corrected chi connectivity index (χ0v) is 13.6.